The summed E-state index contributed by atoms with van der Waals surface area (Å²) in [6.45, 7) is 10.2. The van der Waals surface area contributed by atoms with E-state index in [2.05, 4.69) is 47.1 Å². The summed E-state index contributed by atoms with van der Waals surface area (Å²) >= 11 is 0. The Kier molecular flexibility index (Phi) is 6.64. The maximum atomic E-state index is 12.5. The molecule has 2 atom stereocenters. The summed E-state index contributed by atoms with van der Waals surface area (Å²) in [5.41, 5.74) is 5.37. The molecule has 1 aliphatic heterocycles. The first-order chi connectivity index (χ1) is 17.7. The van der Waals surface area contributed by atoms with Gasteiger partial charge in [-0.25, -0.2) is 9.78 Å². The van der Waals surface area contributed by atoms with Gasteiger partial charge in [0.05, 0.1) is 36.1 Å². The molecular formula is C29H35N5O3. The summed E-state index contributed by atoms with van der Waals surface area (Å²) in [4.78, 5) is 25.8. The first kappa shape index (κ1) is 25.2. The highest BCUT2D eigenvalue weighted by atomic mass is 16.6. The normalized spacial score (nSPS) is 19.5. The highest BCUT2D eigenvalue weighted by molar-refractivity contribution is 5.90. The second-order valence-electron chi connectivity index (χ2n) is 10.4. The molecule has 37 heavy (non-hydrogen) atoms. The van der Waals surface area contributed by atoms with Crippen LogP contribution in [0.5, 0.6) is 0 Å². The van der Waals surface area contributed by atoms with Gasteiger partial charge in [0, 0.05) is 39.4 Å². The summed E-state index contributed by atoms with van der Waals surface area (Å²) in [6.07, 6.45) is 6.92. The molecule has 194 valence electrons. The van der Waals surface area contributed by atoms with Gasteiger partial charge >= 0.3 is 6.09 Å². The van der Waals surface area contributed by atoms with Crippen molar-refractivity contribution in [2.45, 2.75) is 45.4 Å². The van der Waals surface area contributed by atoms with Gasteiger partial charge in [-0.15, -0.1) is 0 Å². The molecule has 1 N–H and O–H groups in total. The zero-order valence-corrected chi connectivity index (χ0v) is 22.2. The largest absolute Gasteiger partial charge is 0.447 e. The van der Waals surface area contributed by atoms with Crippen molar-refractivity contribution in [1.29, 1.82) is 0 Å². The number of carbonyl (C=O) groups excluding carboxylic acids is 1. The number of fused-ring (bicyclic) bond motifs is 2. The Balaban J connectivity index is 1.59. The summed E-state index contributed by atoms with van der Waals surface area (Å²) in [5.74, 6) is 0. The number of amides is 1. The standard InChI is InChI=1S/C29H35N5O3/c1-19(2)37-28(35)34-13-11-33(12-14-34)27-22-9-8-20(3)15-23(22)24(16-21-7-6-10-31-26(21)27)29(4,36)25-17-30-18-32(25)5/h6-10,15-19,27,36H,11-14H2,1-5H3/t27-,29-/m0/s1. The molecule has 5 rings (SSSR count). The minimum Gasteiger partial charge on any atom is -0.447 e. The summed E-state index contributed by atoms with van der Waals surface area (Å²) in [5, 5.41) is 12.0. The Morgan fingerprint density at radius 2 is 1.95 bits per heavy atom. The van der Waals surface area contributed by atoms with Crippen LogP contribution in [-0.2, 0) is 17.4 Å². The van der Waals surface area contributed by atoms with Crippen LogP contribution in [0, 0.1) is 6.92 Å². The zero-order chi connectivity index (χ0) is 26.3. The molecular weight excluding hydrogens is 466 g/mol. The summed E-state index contributed by atoms with van der Waals surface area (Å²) in [7, 11) is 1.90. The van der Waals surface area contributed by atoms with Crippen molar-refractivity contribution in [3.8, 4) is 0 Å². The minimum atomic E-state index is -1.28. The molecule has 0 radical (unpaired) electrons. The third-order valence-corrected chi connectivity index (χ3v) is 7.34. The first-order valence-corrected chi connectivity index (χ1v) is 12.8. The van der Waals surface area contributed by atoms with Gasteiger partial charge in [-0.2, -0.15) is 0 Å². The SMILES string of the molecule is Cc1ccc2c(c1)C([C@](C)(O)c1cncn1C)=Cc1cccnc1[C@H]2N1CCN(C(=O)OC(C)C)CC1. The Labute approximate surface area is 218 Å². The van der Waals surface area contributed by atoms with Crippen molar-refractivity contribution in [1.82, 2.24) is 24.3 Å². The molecule has 2 aromatic heterocycles. The average Bonchev–Trinajstić information content (AvgIpc) is 3.24. The fourth-order valence-corrected chi connectivity index (χ4v) is 5.48. The third kappa shape index (κ3) is 4.67. The van der Waals surface area contributed by atoms with Crippen molar-refractivity contribution in [3.05, 3.63) is 82.7 Å². The van der Waals surface area contributed by atoms with E-state index in [1.54, 1.807) is 17.4 Å². The van der Waals surface area contributed by atoms with Gasteiger partial charge in [0.2, 0.25) is 0 Å². The number of aryl methyl sites for hydroxylation is 2. The molecule has 1 fully saturated rings. The number of hydrogen-bond donors (Lipinski definition) is 1. The fraction of sp³-hybridized carbons (Fsp3) is 0.414. The second-order valence-corrected chi connectivity index (χ2v) is 10.4. The lowest BCUT2D eigenvalue weighted by molar-refractivity contribution is 0.0512. The maximum Gasteiger partial charge on any atom is 0.410 e. The fourth-order valence-electron chi connectivity index (χ4n) is 5.48. The molecule has 0 unspecified atom stereocenters. The van der Waals surface area contributed by atoms with E-state index < -0.39 is 5.60 Å². The molecule has 1 saturated heterocycles. The Hall–Kier alpha value is -3.49. The van der Waals surface area contributed by atoms with E-state index in [0.717, 1.165) is 33.5 Å². The predicted octanol–water partition coefficient (Wildman–Crippen LogP) is 4.14. The van der Waals surface area contributed by atoms with Crippen LogP contribution in [-0.4, -0.2) is 67.8 Å². The Bertz CT molecular complexity index is 1330. The van der Waals surface area contributed by atoms with Crippen LogP contribution in [0.1, 0.15) is 60.5 Å². The van der Waals surface area contributed by atoms with Crippen molar-refractivity contribution in [3.63, 3.8) is 0 Å². The molecule has 3 heterocycles. The van der Waals surface area contributed by atoms with E-state index in [9.17, 15) is 9.90 Å². The van der Waals surface area contributed by atoms with Gasteiger partial charge in [-0.05, 0) is 62.1 Å². The van der Waals surface area contributed by atoms with Crippen LogP contribution in [0.4, 0.5) is 4.79 Å². The first-order valence-electron chi connectivity index (χ1n) is 12.8. The van der Waals surface area contributed by atoms with E-state index in [1.165, 1.54) is 0 Å². The van der Waals surface area contributed by atoms with Crippen LogP contribution in [0.3, 0.4) is 0 Å². The van der Waals surface area contributed by atoms with Crippen LogP contribution < -0.4 is 0 Å². The Morgan fingerprint density at radius 3 is 2.62 bits per heavy atom. The average molecular weight is 502 g/mol. The van der Waals surface area contributed by atoms with Crippen LogP contribution in [0.25, 0.3) is 11.6 Å². The summed E-state index contributed by atoms with van der Waals surface area (Å²) < 4.78 is 7.28. The molecule has 0 saturated carbocycles. The molecule has 1 aromatic carbocycles. The van der Waals surface area contributed by atoms with E-state index in [4.69, 9.17) is 9.72 Å². The number of rotatable bonds is 4. The van der Waals surface area contributed by atoms with Crippen molar-refractivity contribution in [2.75, 3.05) is 26.2 Å². The Morgan fingerprint density at radius 1 is 1.19 bits per heavy atom. The third-order valence-electron chi connectivity index (χ3n) is 7.34. The molecule has 1 aliphatic carbocycles. The van der Waals surface area contributed by atoms with Crippen LogP contribution in [0.15, 0.2) is 49.1 Å². The molecule has 0 bridgehead atoms. The van der Waals surface area contributed by atoms with Crippen molar-refractivity contribution < 1.29 is 14.6 Å². The minimum absolute atomic E-state index is 0.119. The highest BCUT2D eigenvalue weighted by Crippen LogP contribution is 2.45. The lowest BCUT2D eigenvalue weighted by Gasteiger charge is -2.39. The molecule has 0 spiro atoms. The number of piperazine rings is 1. The highest BCUT2D eigenvalue weighted by Gasteiger charge is 2.39. The number of benzene rings is 1. The van der Waals surface area contributed by atoms with E-state index in [1.807, 2.05) is 44.6 Å². The quantitative estimate of drug-likeness (QED) is 0.579. The van der Waals surface area contributed by atoms with Gasteiger partial charge in [0.25, 0.3) is 0 Å². The smallest absolute Gasteiger partial charge is 0.410 e. The second kappa shape index (κ2) is 9.76. The van der Waals surface area contributed by atoms with Crippen molar-refractivity contribution >= 4 is 17.7 Å². The summed E-state index contributed by atoms with van der Waals surface area (Å²) in [6, 6.07) is 10.3. The zero-order valence-electron chi connectivity index (χ0n) is 22.2. The number of aromatic nitrogens is 3. The predicted molar refractivity (Wildman–Crippen MR) is 143 cm³/mol. The van der Waals surface area contributed by atoms with Crippen LogP contribution in [0.2, 0.25) is 0 Å². The number of pyridine rings is 1. The molecule has 3 aromatic rings. The number of hydrogen-bond acceptors (Lipinski definition) is 6. The number of imidazole rings is 1. The van der Waals surface area contributed by atoms with Gasteiger partial charge in [-0.3, -0.25) is 9.88 Å². The van der Waals surface area contributed by atoms with Gasteiger partial charge in [0.15, 0.2) is 0 Å². The van der Waals surface area contributed by atoms with E-state index in [0.29, 0.717) is 31.9 Å². The van der Waals surface area contributed by atoms with Gasteiger partial charge < -0.3 is 19.3 Å². The number of nitrogens with zero attached hydrogens (tertiary/aromatic N) is 5. The number of ether oxygens (including phenoxy) is 1. The van der Waals surface area contributed by atoms with E-state index in [-0.39, 0.29) is 18.2 Å². The van der Waals surface area contributed by atoms with Gasteiger partial charge in [-0.1, -0.05) is 29.8 Å². The van der Waals surface area contributed by atoms with Gasteiger partial charge in [0.1, 0.15) is 5.60 Å². The number of carbonyl (C=O) groups is 1. The van der Waals surface area contributed by atoms with Crippen molar-refractivity contribution in [2.24, 2.45) is 7.05 Å². The molecule has 1 amide bonds. The topological polar surface area (TPSA) is 83.7 Å². The maximum absolute atomic E-state index is 12.5. The van der Waals surface area contributed by atoms with Crippen LogP contribution >= 0.6 is 0 Å². The monoisotopic (exact) mass is 501 g/mol. The molecule has 2 aliphatic rings. The van der Waals surface area contributed by atoms with E-state index >= 15 is 0 Å². The number of aliphatic hydroxyl groups is 1. The molecule has 8 nitrogen and oxygen atoms in total. The lowest BCUT2D eigenvalue weighted by Crippen LogP contribution is -2.50. The molecule has 8 heteroatoms. The lowest BCUT2D eigenvalue weighted by atomic mass is 9.83.